The Labute approximate surface area is 207 Å². The number of para-hydroxylation sites is 1. The summed E-state index contributed by atoms with van der Waals surface area (Å²) >= 11 is 0. The summed E-state index contributed by atoms with van der Waals surface area (Å²) in [5.41, 5.74) is 3.02. The van der Waals surface area contributed by atoms with Crippen LogP contribution in [-0.4, -0.2) is 16.9 Å². The van der Waals surface area contributed by atoms with E-state index in [-0.39, 0.29) is 5.75 Å². The van der Waals surface area contributed by atoms with Gasteiger partial charge in [-0.25, -0.2) is 9.18 Å². The maximum absolute atomic E-state index is 14.4. The summed E-state index contributed by atoms with van der Waals surface area (Å²) < 4.78 is 19.9. The van der Waals surface area contributed by atoms with E-state index in [1.54, 1.807) is 54.7 Å². The van der Waals surface area contributed by atoms with Crippen molar-refractivity contribution in [2.24, 2.45) is 0 Å². The summed E-state index contributed by atoms with van der Waals surface area (Å²) in [5.74, 6) is -0.491. The molecule has 0 atom stereocenters. The molecule has 4 rings (SSSR count). The Balaban J connectivity index is 1.36. The highest BCUT2D eigenvalue weighted by atomic mass is 19.1. The SMILES string of the molecule is Cc1ccc(NC(=O)Nc2ccccc2)cc1NC(=O)/C=C/c1ccc(Oc2cccnc2)c(F)c1. The van der Waals surface area contributed by atoms with Gasteiger partial charge in [-0.15, -0.1) is 0 Å². The number of rotatable bonds is 7. The fourth-order valence-electron chi connectivity index (χ4n) is 3.23. The second kappa shape index (κ2) is 11.4. The fourth-order valence-corrected chi connectivity index (χ4v) is 3.23. The van der Waals surface area contributed by atoms with Crippen molar-refractivity contribution in [1.29, 1.82) is 0 Å². The molecule has 3 N–H and O–H groups in total. The largest absolute Gasteiger partial charge is 0.453 e. The van der Waals surface area contributed by atoms with Crippen LogP contribution in [0.4, 0.5) is 26.2 Å². The molecule has 3 aromatic carbocycles. The van der Waals surface area contributed by atoms with Crippen molar-refractivity contribution in [2.75, 3.05) is 16.0 Å². The molecule has 8 heteroatoms. The Morgan fingerprint density at radius 1 is 0.889 bits per heavy atom. The van der Waals surface area contributed by atoms with Crippen molar-refractivity contribution in [3.05, 3.63) is 114 Å². The Kier molecular flexibility index (Phi) is 7.67. The molecule has 0 radical (unpaired) electrons. The second-order valence-electron chi connectivity index (χ2n) is 7.78. The van der Waals surface area contributed by atoms with Gasteiger partial charge in [-0.05, 0) is 72.7 Å². The number of pyridine rings is 1. The summed E-state index contributed by atoms with van der Waals surface area (Å²) in [6, 6.07) is 21.6. The van der Waals surface area contributed by atoms with Gasteiger partial charge in [0.2, 0.25) is 5.91 Å². The number of hydrogen-bond acceptors (Lipinski definition) is 4. The lowest BCUT2D eigenvalue weighted by atomic mass is 10.1. The number of carbonyl (C=O) groups is 2. The predicted octanol–water partition coefficient (Wildman–Crippen LogP) is 6.62. The molecule has 0 saturated carbocycles. The van der Waals surface area contributed by atoms with Gasteiger partial charge in [0.15, 0.2) is 11.6 Å². The highest BCUT2D eigenvalue weighted by Gasteiger charge is 2.08. The molecule has 4 aromatic rings. The summed E-state index contributed by atoms with van der Waals surface area (Å²) in [6.45, 7) is 1.84. The number of benzene rings is 3. The fraction of sp³-hybridized carbons (Fsp3) is 0.0357. The lowest BCUT2D eigenvalue weighted by Crippen LogP contribution is -2.19. The highest BCUT2D eigenvalue weighted by Crippen LogP contribution is 2.25. The van der Waals surface area contributed by atoms with Gasteiger partial charge in [0, 0.05) is 29.3 Å². The number of ether oxygens (including phenoxy) is 1. The molecule has 0 saturated heterocycles. The molecule has 1 heterocycles. The third-order valence-corrected chi connectivity index (χ3v) is 5.03. The lowest BCUT2D eigenvalue weighted by molar-refractivity contribution is -0.111. The van der Waals surface area contributed by atoms with Crippen molar-refractivity contribution in [3.8, 4) is 11.5 Å². The molecule has 0 aliphatic carbocycles. The van der Waals surface area contributed by atoms with Crippen molar-refractivity contribution in [1.82, 2.24) is 4.98 Å². The number of carbonyl (C=O) groups excluding carboxylic acids is 2. The van der Waals surface area contributed by atoms with E-state index in [0.717, 1.165) is 5.56 Å². The first-order valence-corrected chi connectivity index (χ1v) is 11.1. The van der Waals surface area contributed by atoms with E-state index in [2.05, 4.69) is 20.9 Å². The minimum Gasteiger partial charge on any atom is -0.453 e. The van der Waals surface area contributed by atoms with Crippen LogP contribution in [0.2, 0.25) is 0 Å². The van der Waals surface area contributed by atoms with E-state index in [4.69, 9.17) is 4.74 Å². The van der Waals surface area contributed by atoms with Crippen LogP contribution in [0.15, 0.2) is 97.3 Å². The first-order chi connectivity index (χ1) is 17.5. The minimum atomic E-state index is -0.565. The topological polar surface area (TPSA) is 92.4 Å². The molecule has 0 aliphatic heterocycles. The maximum atomic E-state index is 14.4. The van der Waals surface area contributed by atoms with Crippen LogP contribution in [-0.2, 0) is 4.79 Å². The minimum absolute atomic E-state index is 0.0563. The van der Waals surface area contributed by atoms with Crippen molar-refractivity contribution in [3.63, 3.8) is 0 Å². The van der Waals surface area contributed by atoms with E-state index in [9.17, 15) is 14.0 Å². The van der Waals surface area contributed by atoms with Gasteiger partial charge in [0.1, 0.15) is 5.75 Å². The van der Waals surface area contributed by atoms with Crippen molar-refractivity contribution < 1.29 is 18.7 Å². The number of nitrogens with one attached hydrogen (secondary N) is 3. The van der Waals surface area contributed by atoms with Crippen LogP contribution in [0.3, 0.4) is 0 Å². The number of hydrogen-bond donors (Lipinski definition) is 3. The van der Waals surface area contributed by atoms with Gasteiger partial charge >= 0.3 is 6.03 Å². The molecule has 0 spiro atoms. The Morgan fingerprint density at radius 3 is 2.44 bits per heavy atom. The normalized spacial score (nSPS) is 10.6. The monoisotopic (exact) mass is 482 g/mol. The highest BCUT2D eigenvalue weighted by molar-refractivity contribution is 6.04. The molecule has 0 aliphatic rings. The van der Waals surface area contributed by atoms with Gasteiger partial charge in [-0.3, -0.25) is 9.78 Å². The molecule has 7 nitrogen and oxygen atoms in total. The van der Waals surface area contributed by atoms with Crippen LogP contribution < -0.4 is 20.7 Å². The zero-order valence-electron chi connectivity index (χ0n) is 19.4. The lowest BCUT2D eigenvalue weighted by Gasteiger charge is -2.11. The molecule has 0 bridgehead atoms. The van der Waals surface area contributed by atoms with Gasteiger partial charge in [-0.2, -0.15) is 0 Å². The van der Waals surface area contributed by atoms with Crippen LogP contribution in [0.25, 0.3) is 6.08 Å². The summed E-state index contributed by atoms with van der Waals surface area (Å²) in [6.07, 6.45) is 5.88. The molecular weight excluding hydrogens is 459 g/mol. The molecule has 180 valence electrons. The van der Waals surface area contributed by atoms with E-state index < -0.39 is 17.8 Å². The standard InChI is InChI=1S/C28H23FN4O3/c1-19-9-12-22(32-28(35)31-21-6-3-2-4-7-21)17-25(19)33-27(34)14-11-20-10-13-26(24(29)16-20)36-23-8-5-15-30-18-23/h2-18H,1H3,(H,33,34)(H2,31,32,35)/b14-11+. The summed E-state index contributed by atoms with van der Waals surface area (Å²) in [5, 5.41) is 8.26. The molecule has 0 unspecified atom stereocenters. The maximum Gasteiger partial charge on any atom is 0.323 e. The van der Waals surface area contributed by atoms with Crippen molar-refractivity contribution in [2.45, 2.75) is 6.92 Å². The Bertz CT molecular complexity index is 1390. The number of aryl methyl sites for hydroxylation is 1. The van der Waals surface area contributed by atoms with Gasteiger partial charge in [-0.1, -0.05) is 30.3 Å². The van der Waals surface area contributed by atoms with Gasteiger partial charge < -0.3 is 20.7 Å². The van der Waals surface area contributed by atoms with Crippen molar-refractivity contribution >= 4 is 35.1 Å². The van der Waals surface area contributed by atoms with Gasteiger partial charge in [0.05, 0.1) is 6.20 Å². The third-order valence-electron chi connectivity index (χ3n) is 5.03. The van der Waals surface area contributed by atoms with Crippen LogP contribution in [0, 0.1) is 12.7 Å². The quantitative estimate of drug-likeness (QED) is 0.258. The molecule has 36 heavy (non-hydrogen) atoms. The predicted molar refractivity (Wildman–Crippen MR) is 139 cm³/mol. The zero-order chi connectivity index (χ0) is 25.3. The Hall–Kier alpha value is -4.98. The molecule has 0 fully saturated rings. The van der Waals surface area contributed by atoms with Crippen LogP contribution >= 0.6 is 0 Å². The van der Waals surface area contributed by atoms with E-state index in [0.29, 0.717) is 28.4 Å². The number of nitrogens with zero attached hydrogens (tertiary/aromatic N) is 1. The average Bonchev–Trinajstić information content (AvgIpc) is 2.87. The average molecular weight is 483 g/mol. The first kappa shape index (κ1) is 24.2. The first-order valence-electron chi connectivity index (χ1n) is 11.1. The van der Waals surface area contributed by atoms with E-state index >= 15 is 0 Å². The second-order valence-corrected chi connectivity index (χ2v) is 7.78. The smallest absolute Gasteiger partial charge is 0.323 e. The zero-order valence-corrected chi connectivity index (χ0v) is 19.4. The number of amides is 3. The van der Waals surface area contributed by atoms with Gasteiger partial charge in [0.25, 0.3) is 0 Å². The van der Waals surface area contributed by atoms with Crippen LogP contribution in [0.5, 0.6) is 11.5 Å². The number of urea groups is 1. The molecular formula is C28H23FN4O3. The number of halogens is 1. The third kappa shape index (κ3) is 6.77. The van der Waals surface area contributed by atoms with E-state index in [1.165, 1.54) is 30.5 Å². The Morgan fingerprint density at radius 2 is 1.69 bits per heavy atom. The number of anilines is 3. The molecule has 1 aromatic heterocycles. The number of aromatic nitrogens is 1. The molecule has 3 amide bonds. The summed E-state index contributed by atoms with van der Waals surface area (Å²) in [4.78, 5) is 28.7. The van der Waals surface area contributed by atoms with Crippen LogP contribution in [0.1, 0.15) is 11.1 Å². The van der Waals surface area contributed by atoms with E-state index in [1.807, 2.05) is 25.1 Å². The summed E-state index contributed by atoms with van der Waals surface area (Å²) in [7, 11) is 0.